The van der Waals surface area contributed by atoms with Crippen molar-refractivity contribution in [2.24, 2.45) is 0 Å². The van der Waals surface area contributed by atoms with Crippen LogP contribution >= 0.6 is 0 Å². The van der Waals surface area contributed by atoms with Gasteiger partial charge in [-0.25, -0.2) is 0 Å². The van der Waals surface area contributed by atoms with Crippen molar-refractivity contribution < 1.29 is 9.84 Å². The predicted molar refractivity (Wildman–Crippen MR) is 76.4 cm³/mol. The van der Waals surface area contributed by atoms with Crippen molar-refractivity contribution in [3.8, 4) is 0 Å². The summed E-state index contributed by atoms with van der Waals surface area (Å²) in [5, 5.41) is 14.6. The molecule has 0 aromatic heterocycles. The third-order valence-corrected chi connectivity index (χ3v) is 4.44. The molecule has 0 amide bonds. The van der Waals surface area contributed by atoms with Crippen molar-refractivity contribution in [1.82, 2.24) is 0 Å². The lowest BCUT2D eigenvalue weighted by atomic mass is 9.77. The molecule has 0 saturated carbocycles. The van der Waals surface area contributed by atoms with Gasteiger partial charge in [0, 0.05) is 18.5 Å². The second kappa shape index (κ2) is 4.80. The summed E-state index contributed by atoms with van der Waals surface area (Å²) in [6.45, 7) is 4.11. The zero-order valence-electron chi connectivity index (χ0n) is 11.7. The molecule has 19 heavy (non-hydrogen) atoms. The number of rotatable bonds is 1. The van der Waals surface area contributed by atoms with E-state index in [0.29, 0.717) is 0 Å². The molecule has 3 rings (SSSR count). The standard InChI is InChI=1S/C16H23NO2/c1-11-9-16(18,10-12(2)19-11)15-8-7-13-5-3-4-6-14(13)17-15/h3-6,11-12,15,17-18H,7-10H2,1-2H3. The van der Waals surface area contributed by atoms with Crippen LogP contribution in [0.4, 0.5) is 5.69 Å². The highest BCUT2D eigenvalue weighted by molar-refractivity contribution is 5.54. The number of nitrogens with one attached hydrogen (secondary N) is 1. The highest BCUT2D eigenvalue weighted by Gasteiger charge is 2.44. The number of benzene rings is 1. The Morgan fingerprint density at radius 3 is 2.63 bits per heavy atom. The fourth-order valence-corrected chi connectivity index (χ4v) is 3.70. The van der Waals surface area contributed by atoms with Crippen molar-refractivity contribution in [1.29, 1.82) is 0 Å². The van der Waals surface area contributed by atoms with Gasteiger partial charge in [-0.05, 0) is 38.3 Å². The largest absolute Gasteiger partial charge is 0.388 e. The SMILES string of the molecule is CC1CC(O)(C2CCc3ccccc3N2)CC(C)O1. The van der Waals surface area contributed by atoms with E-state index in [1.54, 1.807) is 0 Å². The van der Waals surface area contributed by atoms with Gasteiger partial charge in [0.1, 0.15) is 0 Å². The fourth-order valence-electron chi connectivity index (χ4n) is 3.70. The minimum atomic E-state index is -0.648. The number of hydrogen-bond acceptors (Lipinski definition) is 3. The Kier molecular flexibility index (Phi) is 3.27. The summed E-state index contributed by atoms with van der Waals surface area (Å²) in [5.41, 5.74) is 1.89. The number of para-hydroxylation sites is 1. The molecule has 0 spiro atoms. The van der Waals surface area contributed by atoms with Crippen LogP contribution in [0.15, 0.2) is 24.3 Å². The van der Waals surface area contributed by atoms with Gasteiger partial charge >= 0.3 is 0 Å². The Morgan fingerprint density at radius 1 is 1.21 bits per heavy atom. The molecule has 0 radical (unpaired) electrons. The van der Waals surface area contributed by atoms with E-state index in [0.717, 1.165) is 25.7 Å². The summed E-state index contributed by atoms with van der Waals surface area (Å²) in [6, 6.07) is 8.53. The first kappa shape index (κ1) is 12.9. The normalized spacial score (nSPS) is 38.4. The second-order valence-electron chi connectivity index (χ2n) is 6.16. The third-order valence-electron chi connectivity index (χ3n) is 4.44. The summed E-state index contributed by atoms with van der Waals surface area (Å²) in [5.74, 6) is 0. The van der Waals surface area contributed by atoms with E-state index in [-0.39, 0.29) is 18.2 Å². The molecule has 3 unspecified atom stereocenters. The van der Waals surface area contributed by atoms with Gasteiger partial charge in [-0.1, -0.05) is 18.2 Å². The lowest BCUT2D eigenvalue weighted by molar-refractivity contribution is -0.139. The number of aliphatic hydroxyl groups is 1. The molecule has 3 nitrogen and oxygen atoms in total. The number of anilines is 1. The van der Waals surface area contributed by atoms with Crippen molar-refractivity contribution in [2.75, 3.05) is 5.32 Å². The van der Waals surface area contributed by atoms with Crippen molar-refractivity contribution in [2.45, 2.75) is 63.4 Å². The first-order valence-electron chi connectivity index (χ1n) is 7.29. The third kappa shape index (κ3) is 2.49. The predicted octanol–water partition coefficient (Wildman–Crippen LogP) is 2.73. The first-order valence-corrected chi connectivity index (χ1v) is 7.29. The van der Waals surface area contributed by atoms with E-state index in [4.69, 9.17) is 4.74 Å². The summed E-state index contributed by atoms with van der Waals surface area (Å²) in [4.78, 5) is 0. The Balaban J connectivity index is 1.80. The molecule has 2 aliphatic heterocycles. The van der Waals surface area contributed by atoms with Gasteiger partial charge in [0.15, 0.2) is 0 Å². The van der Waals surface area contributed by atoms with Crippen molar-refractivity contribution in [3.63, 3.8) is 0 Å². The Labute approximate surface area is 115 Å². The molecule has 2 N–H and O–H groups in total. The molecule has 1 saturated heterocycles. The number of hydrogen-bond donors (Lipinski definition) is 2. The average molecular weight is 261 g/mol. The molecular formula is C16H23NO2. The van der Waals surface area contributed by atoms with Gasteiger partial charge < -0.3 is 15.2 Å². The van der Waals surface area contributed by atoms with Crippen LogP contribution in [0.1, 0.15) is 38.7 Å². The molecule has 0 aliphatic carbocycles. The van der Waals surface area contributed by atoms with Gasteiger partial charge in [0.25, 0.3) is 0 Å². The van der Waals surface area contributed by atoms with Gasteiger partial charge in [0.2, 0.25) is 0 Å². The Hall–Kier alpha value is -1.06. The van der Waals surface area contributed by atoms with Crippen molar-refractivity contribution in [3.05, 3.63) is 29.8 Å². The van der Waals surface area contributed by atoms with E-state index in [1.165, 1.54) is 11.3 Å². The number of fused-ring (bicyclic) bond motifs is 1. The van der Waals surface area contributed by atoms with Crippen LogP contribution in [0.25, 0.3) is 0 Å². The van der Waals surface area contributed by atoms with Gasteiger partial charge in [-0.2, -0.15) is 0 Å². The van der Waals surface area contributed by atoms with Gasteiger partial charge in [-0.3, -0.25) is 0 Å². The van der Waals surface area contributed by atoms with E-state index >= 15 is 0 Å². The van der Waals surface area contributed by atoms with Crippen LogP contribution in [0.2, 0.25) is 0 Å². The quantitative estimate of drug-likeness (QED) is 0.816. The number of ether oxygens (including phenoxy) is 1. The lowest BCUT2D eigenvalue weighted by Crippen LogP contribution is -2.55. The zero-order chi connectivity index (χ0) is 13.5. The Bertz CT molecular complexity index is 450. The van der Waals surface area contributed by atoms with E-state index in [9.17, 15) is 5.11 Å². The van der Waals surface area contributed by atoms with Crippen LogP contribution in [-0.2, 0) is 11.2 Å². The summed E-state index contributed by atoms with van der Waals surface area (Å²) in [6.07, 6.45) is 3.74. The first-order chi connectivity index (χ1) is 9.07. The average Bonchev–Trinajstić information content (AvgIpc) is 2.36. The van der Waals surface area contributed by atoms with Crippen LogP contribution in [0, 0.1) is 0 Å². The zero-order valence-corrected chi connectivity index (χ0v) is 11.7. The molecule has 2 heterocycles. The van der Waals surface area contributed by atoms with Crippen LogP contribution in [-0.4, -0.2) is 29.0 Å². The molecular weight excluding hydrogens is 238 g/mol. The minimum absolute atomic E-state index is 0.132. The molecule has 104 valence electrons. The highest BCUT2D eigenvalue weighted by Crippen LogP contribution is 2.37. The molecule has 3 heteroatoms. The van der Waals surface area contributed by atoms with E-state index in [1.807, 2.05) is 6.07 Å². The molecule has 3 atom stereocenters. The van der Waals surface area contributed by atoms with Gasteiger partial charge in [0.05, 0.1) is 23.9 Å². The fraction of sp³-hybridized carbons (Fsp3) is 0.625. The maximum absolute atomic E-state index is 11.0. The van der Waals surface area contributed by atoms with E-state index in [2.05, 4.69) is 37.4 Å². The monoisotopic (exact) mass is 261 g/mol. The summed E-state index contributed by atoms with van der Waals surface area (Å²) in [7, 11) is 0. The lowest BCUT2D eigenvalue weighted by Gasteiger charge is -2.46. The maximum atomic E-state index is 11.0. The molecule has 1 aromatic carbocycles. The highest BCUT2D eigenvalue weighted by atomic mass is 16.5. The van der Waals surface area contributed by atoms with Crippen LogP contribution in [0.5, 0.6) is 0 Å². The molecule has 2 aliphatic rings. The summed E-state index contributed by atoms with van der Waals surface area (Å²) < 4.78 is 5.75. The number of aryl methyl sites for hydroxylation is 1. The smallest absolute Gasteiger partial charge is 0.0896 e. The summed E-state index contributed by atoms with van der Waals surface area (Å²) >= 11 is 0. The van der Waals surface area contributed by atoms with Crippen LogP contribution < -0.4 is 5.32 Å². The van der Waals surface area contributed by atoms with E-state index < -0.39 is 5.60 Å². The maximum Gasteiger partial charge on any atom is 0.0896 e. The van der Waals surface area contributed by atoms with Gasteiger partial charge in [-0.15, -0.1) is 0 Å². The molecule has 1 fully saturated rings. The van der Waals surface area contributed by atoms with Crippen LogP contribution in [0.3, 0.4) is 0 Å². The molecule has 0 bridgehead atoms. The molecule has 1 aromatic rings. The topological polar surface area (TPSA) is 41.5 Å². The van der Waals surface area contributed by atoms with Crippen molar-refractivity contribution >= 4 is 5.69 Å². The Morgan fingerprint density at radius 2 is 1.89 bits per heavy atom. The minimum Gasteiger partial charge on any atom is -0.388 e. The second-order valence-corrected chi connectivity index (χ2v) is 6.16.